The van der Waals surface area contributed by atoms with E-state index in [1.165, 1.54) is 0 Å². The molecule has 1 amide bonds. The minimum atomic E-state index is -3.22. The molecule has 29 heavy (non-hydrogen) atoms. The number of hydrogen-bond donors (Lipinski definition) is 0. The van der Waals surface area contributed by atoms with Crippen LogP contribution in [0.2, 0.25) is 5.02 Å². The van der Waals surface area contributed by atoms with Gasteiger partial charge in [0.1, 0.15) is 5.75 Å². The summed E-state index contributed by atoms with van der Waals surface area (Å²) in [6.07, 6.45) is 0.713. The van der Waals surface area contributed by atoms with Gasteiger partial charge in [-0.1, -0.05) is 29.8 Å². The summed E-state index contributed by atoms with van der Waals surface area (Å²) >= 11 is 6.10. The van der Waals surface area contributed by atoms with E-state index in [4.69, 9.17) is 16.3 Å². The van der Waals surface area contributed by atoms with E-state index in [1.54, 1.807) is 36.3 Å². The van der Waals surface area contributed by atoms with Crippen molar-refractivity contribution in [2.75, 3.05) is 36.6 Å². The lowest BCUT2D eigenvalue weighted by atomic mass is 10.0. The van der Waals surface area contributed by atoms with Crippen LogP contribution in [0.5, 0.6) is 5.75 Å². The Balaban J connectivity index is 1.57. The number of sulfone groups is 1. The van der Waals surface area contributed by atoms with Crippen molar-refractivity contribution in [3.8, 4) is 5.75 Å². The van der Waals surface area contributed by atoms with Crippen LogP contribution < -0.4 is 9.64 Å². The third-order valence-electron chi connectivity index (χ3n) is 5.61. The Morgan fingerprint density at radius 3 is 2.62 bits per heavy atom. The molecular weight excluding hydrogens is 412 g/mol. The summed E-state index contributed by atoms with van der Waals surface area (Å²) in [4.78, 5) is 16.6. The van der Waals surface area contributed by atoms with Crippen molar-refractivity contribution in [2.45, 2.75) is 18.5 Å². The van der Waals surface area contributed by atoms with Crippen molar-refractivity contribution in [1.82, 2.24) is 4.90 Å². The van der Waals surface area contributed by atoms with E-state index in [1.807, 2.05) is 29.2 Å². The Morgan fingerprint density at radius 1 is 1.10 bits per heavy atom. The molecule has 2 aliphatic heterocycles. The Labute approximate surface area is 175 Å². The molecule has 2 aromatic carbocycles. The summed E-state index contributed by atoms with van der Waals surface area (Å²) in [7, 11) is -1.59. The first kappa shape index (κ1) is 20.2. The molecule has 2 atom stereocenters. The van der Waals surface area contributed by atoms with Gasteiger partial charge in [-0.05, 0) is 42.3 Å². The number of nitrogens with zero attached hydrogens (tertiary/aromatic N) is 2. The van der Waals surface area contributed by atoms with Gasteiger partial charge in [-0.25, -0.2) is 8.42 Å². The molecule has 0 unspecified atom stereocenters. The van der Waals surface area contributed by atoms with E-state index in [-0.39, 0.29) is 30.0 Å². The number of carbonyl (C=O) groups is 1. The fraction of sp³-hybridized carbons (Fsp3) is 0.381. The zero-order valence-corrected chi connectivity index (χ0v) is 17.7. The summed E-state index contributed by atoms with van der Waals surface area (Å²) in [5.41, 5.74) is 1.74. The number of amides is 1. The molecular formula is C21H23ClN2O4S. The van der Waals surface area contributed by atoms with Crippen LogP contribution in [0.3, 0.4) is 0 Å². The van der Waals surface area contributed by atoms with Crippen LogP contribution in [-0.2, 0) is 21.1 Å². The van der Waals surface area contributed by atoms with E-state index >= 15 is 0 Å². The van der Waals surface area contributed by atoms with Crippen LogP contribution in [0.4, 0.5) is 5.69 Å². The number of methoxy groups -OCH3 is 1. The van der Waals surface area contributed by atoms with Crippen molar-refractivity contribution < 1.29 is 17.9 Å². The van der Waals surface area contributed by atoms with Crippen molar-refractivity contribution in [3.63, 3.8) is 0 Å². The number of hydrogen-bond acceptors (Lipinski definition) is 5. The molecule has 2 aromatic rings. The van der Waals surface area contributed by atoms with E-state index in [9.17, 15) is 13.2 Å². The molecule has 0 aliphatic carbocycles. The second-order valence-corrected chi connectivity index (χ2v) is 10.1. The van der Waals surface area contributed by atoms with Crippen LogP contribution in [-0.4, -0.2) is 63.0 Å². The minimum absolute atomic E-state index is 0.0222. The van der Waals surface area contributed by atoms with E-state index in [2.05, 4.69) is 0 Å². The lowest BCUT2D eigenvalue weighted by Crippen LogP contribution is -2.62. The summed E-state index contributed by atoms with van der Waals surface area (Å²) in [6, 6.07) is 14.2. The van der Waals surface area contributed by atoms with Gasteiger partial charge in [-0.2, -0.15) is 0 Å². The van der Waals surface area contributed by atoms with Crippen LogP contribution in [0, 0.1) is 0 Å². The summed E-state index contributed by atoms with van der Waals surface area (Å²) in [5, 5.41) is 0.521. The average Bonchev–Trinajstić information content (AvgIpc) is 3.01. The fourth-order valence-electron chi connectivity index (χ4n) is 4.27. The Bertz CT molecular complexity index is 1030. The lowest BCUT2D eigenvalue weighted by Gasteiger charge is -2.43. The third-order valence-corrected chi connectivity index (χ3v) is 7.54. The van der Waals surface area contributed by atoms with Crippen molar-refractivity contribution in [2.24, 2.45) is 0 Å². The highest BCUT2D eigenvalue weighted by molar-refractivity contribution is 7.91. The molecule has 0 spiro atoms. The number of ether oxygens (including phenoxy) is 1. The number of rotatable bonds is 5. The first-order valence-electron chi connectivity index (χ1n) is 9.51. The topological polar surface area (TPSA) is 66.9 Å². The molecule has 154 valence electrons. The molecule has 2 saturated heterocycles. The molecule has 2 aliphatic rings. The quantitative estimate of drug-likeness (QED) is 0.723. The Morgan fingerprint density at radius 2 is 1.86 bits per heavy atom. The molecule has 8 heteroatoms. The number of benzene rings is 2. The SMILES string of the molecule is COc1cccc(CCN2CC(=O)N(c3cccc(Cl)c3)[C@H]3CS(=O)(=O)C[C@H]32)c1. The highest BCUT2D eigenvalue weighted by atomic mass is 35.5. The van der Waals surface area contributed by atoms with Gasteiger partial charge in [-0.15, -0.1) is 0 Å². The zero-order valence-electron chi connectivity index (χ0n) is 16.1. The maximum Gasteiger partial charge on any atom is 0.241 e. The van der Waals surface area contributed by atoms with Crippen molar-refractivity contribution >= 4 is 33.0 Å². The number of piperazine rings is 1. The highest BCUT2D eigenvalue weighted by Crippen LogP contribution is 2.32. The van der Waals surface area contributed by atoms with E-state index in [0.717, 1.165) is 11.3 Å². The predicted molar refractivity (Wildman–Crippen MR) is 113 cm³/mol. The third kappa shape index (κ3) is 4.27. The van der Waals surface area contributed by atoms with Crippen LogP contribution in [0.25, 0.3) is 0 Å². The highest BCUT2D eigenvalue weighted by Gasteiger charge is 2.49. The number of halogens is 1. The Kier molecular flexibility index (Phi) is 5.55. The first-order valence-corrected chi connectivity index (χ1v) is 11.7. The molecule has 2 heterocycles. The number of anilines is 1. The second kappa shape index (κ2) is 7.97. The number of carbonyl (C=O) groups excluding carboxylic acids is 1. The van der Waals surface area contributed by atoms with Gasteiger partial charge >= 0.3 is 0 Å². The first-order chi connectivity index (χ1) is 13.9. The average molecular weight is 435 g/mol. The molecule has 0 radical (unpaired) electrons. The smallest absolute Gasteiger partial charge is 0.241 e. The molecule has 4 rings (SSSR count). The molecule has 2 fully saturated rings. The monoisotopic (exact) mass is 434 g/mol. The van der Waals surface area contributed by atoms with Crippen molar-refractivity contribution in [1.29, 1.82) is 0 Å². The van der Waals surface area contributed by atoms with Crippen LogP contribution >= 0.6 is 11.6 Å². The predicted octanol–water partition coefficient (Wildman–Crippen LogP) is 2.41. The van der Waals surface area contributed by atoms with E-state index in [0.29, 0.717) is 23.7 Å². The fourth-order valence-corrected chi connectivity index (χ4v) is 6.43. The summed E-state index contributed by atoms with van der Waals surface area (Å²) < 4.78 is 30.2. The van der Waals surface area contributed by atoms with Gasteiger partial charge in [-0.3, -0.25) is 9.69 Å². The minimum Gasteiger partial charge on any atom is -0.497 e. The molecule has 6 nitrogen and oxygen atoms in total. The summed E-state index contributed by atoms with van der Waals surface area (Å²) in [5.74, 6) is 0.730. The standard InChI is InChI=1S/C21H23ClN2O4S/c1-28-18-7-2-4-15(10-18)8-9-23-12-21(25)24(17-6-3-5-16(22)11-17)20-14-29(26,27)13-19(20)23/h2-7,10-11,19-20H,8-9,12-14H2,1H3/t19-,20+/m1/s1. The van der Waals surface area contributed by atoms with E-state index < -0.39 is 15.9 Å². The largest absolute Gasteiger partial charge is 0.497 e. The van der Waals surface area contributed by atoms with Crippen molar-refractivity contribution in [3.05, 3.63) is 59.1 Å². The number of fused-ring (bicyclic) bond motifs is 1. The van der Waals surface area contributed by atoms with Crippen LogP contribution in [0.15, 0.2) is 48.5 Å². The molecule has 0 aromatic heterocycles. The van der Waals surface area contributed by atoms with Gasteiger partial charge < -0.3 is 9.64 Å². The van der Waals surface area contributed by atoms with Gasteiger partial charge in [0.15, 0.2) is 9.84 Å². The van der Waals surface area contributed by atoms with Crippen LogP contribution in [0.1, 0.15) is 5.56 Å². The van der Waals surface area contributed by atoms with Gasteiger partial charge in [0.25, 0.3) is 0 Å². The second-order valence-electron chi connectivity index (χ2n) is 7.53. The maximum absolute atomic E-state index is 13.0. The molecule has 0 bridgehead atoms. The maximum atomic E-state index is 13.0. The lowest BCUT2D eigenvalue weighted by molar-refractivity contribution is -0.123. The normalized spacial score (nSPS) is 23.8. The van der Waals surface area contributed by atoms with Gasteiger partial charge in [0.05, 0.1) is 31.2 Å². The van der Waals surface area contributed by atoms with Gasteiger partial charge in [0.2, 0.25) is 5.91 Å². The van der Waals surface area contributed by atoms with Gasteiger partial charge in [0, 0.05) is 23.3 Å². The molecule has 0 N–H and O–H groups in total. The zero-order chi connectivity index (χ0) is 20.6. The molecule has 0 saturated carbocycles. The summed E-state index contributed by atoms with van der Waals surface area (Å²) in [6.45, 7) is 0.798. The Hall–Kier alpha value is -2.09.